The molecule has 190 valence electrons. The molecule has 0 spiro atoms. The third-order valence-corrected chi connectivity index (χ3v) is 7.28. The molecule has 0 atom stereocenters. The van der Waals surface area contributed by atoms with Gasteiger partial charge >= 0.3 is 0 Å². The highest BCUT2D eigenvalue weighted by Gasteiger charge is 2.23. The topological polar surface area (TPSA) is 88.8 Å². The molecule has 0 radical (unpaired) electrons. The van der Waals surface area contributed by atoms with E-state index in [0.717, 1.165) is 42.8 Å². The van der Waals surface area contributed by atoms with Crippen molar-refractivity contribution in [2.45, 2.75) is 32.4 Å². The summed E-state index contributed by atoms with van der Waals surface area (Å²) in [4.78, 5) is 35.2. The Morgan fingerprint density at radius 3 is 2.57 bits per heavy atom. The maximum Gasteiger partial charge on any atom is 0.266 e. The molecule has 37 heavy (non-hydrogen) atoms. The molecule has 1 fully saturated rings. The first-order valence-electron chi connectivity index (χ1n) is 12.1. The summed E-state index contributed by atoms with van der Waals surface area (Å²) in [5.41, 5.74) is 2.03. The van der Waals surface area contributed by atoms with E-state index < -0.39 is 11.7 Å². The molecule has 1 aromatic heterocycles. The van der Waals surface area contributed by atoms with Crippen LogP contribution >= 0.6 is 11.3 Å². The van der Waals surface area contributed by atoms with E-state index in [9.17, 15) is 19.2 Å². The third-order valence-electron chi connectivity index (χ3n) is 6.17. The zero-order valence-electron chi connectivity index (χ0n) is 20.6. The zero-order valence-corrected chi connectivity index (χ0v) is 21.4. The van der Waals surface area contributed by atoms with Crippen molar-refractivity contribution >= 4 is 35.2 Å². The van der Waals surface area contributed by atoms with Gasteiger partial charge < -0.3 is 15.1 Å². The van der Waals surface area contributed by atoms with Crippen LogP contribution < -0.4 is 5.32 Å². The minimum Gasteiger partial charge on any atom is -0.363 e. The van der Waals surface area contributed by atoms with Gasteiger partial charge in [0.25, 0.3) is 11.8 Å². The molecule has 1 N–H and O–H groups in total. The summed E-state index contributed by atoms with van der Waals surface area (Å²) >= 11 is 1.06. The second kappa shape index (κ2) is 12.3. The number of amides is 2. The number of nitrogens with one attached hydrogen (secondary N) is 1. The fourth-order valence-electron chi connectivity index (χ4n) is 4.09. The summed E-state index contributed by atoms with van der Waals surface area (Å²) in [5, 5.41) is 12.1. The molecular weight excluding hydrogens is 489 g/mol. The molecule has 1 aliphatic rings. The number of halogens is 1. The SMILES string of the molecule is CN(Cc1ccccc1C#N)C(=O)c1sc(C(=O)NCc2ccccc2F)cc1N=CN1CCCCC1. The molecule has 2 heterocycles. The molecule has 1 aliphatic heterocycles. The second-order valence-electron chi connectivity index (χ2n) is 8.87. The summed E-state index contributed by atoms with van der Waals surface area (Å²) < 4.78 is 14.0. The number of thiophene rings is 1. The standard InChI is InChI=1S/C28H28FN5O2S/c1-33(18-22-11-4-3-9-20(22)16-30)28(36)26-24(32-19-34-13-7-2-8-14-34)15-25(37-26)27(35)31-17-21-10-5-6-12-23(21)29/h3-6,9-12,15,19H,2,7-8,13-14,17-18H2,1H3,(H,31,35). The lowest BCUT2D eigenvalue weighted by Gasteiger charge is -2.23. The normalized spacial score (nSPS) is 13.4. The fraction of sp³-hybridized carbons (Fsp3) is 0.286. The van der Waals surface area contributed by atoms with Gasteiger partial charge in [-0.2, -0.15) is 5.26 Å². The number of hydrogen-bond donors (Lipinski definition) is 1. The molecule has 4 rings (SSSR count). The monoisotopic (exact) mass is 517 g/mol. The minimum absolute atomic E-state index is 0.0317. The molecule has 0 bridgehead atoms. The smallest absolute Gasteiger partial charge is 0.266 e. The summed E-state index contributed by atoms with van der Waals surface area (Å²) in [5.74, 6) is -1.09. The van der Waals surface area contributed by atoms with Crippen molar-refractivity contribution in [3.05, 3.63) is 86.9 Å². The average molecular weight is 518 g/mol. The van der Waals surface area contributed by atoms with Crippen LogP contribution in [-0.2, 0) is 13.1 Å². The predicted octanol–water partition coefficient (Wildman–Crippen LogP) is 5.11. The number of carbonyl (C=O) groups excluding carboxylic acids is 2. The number of benzene rings is 2. The van der Waals surface area contributed by atoms with Crippen LogP contribution in [0.25, 0.3) is 0 Å². The van der Waals surface area contributed by atoms with E-state index in [-0.39, 0.29) is 19.0 Å². The van der Waals surface area contributed by atoms with Crippen LogP contribution in [-0.4, -0.2) is 48.1 Å². The first-order valence-corrected chi connectivity index (χ1v) is 12.9. The van der Waals surface area contributed by atoms with Crippen LogP contribution in [0.4, 0.5) is 10.1 Å². The van der Waals surface area contributed by atoms with Gasteiger partial charge in [0.2, 0.25) is 0 Å². The molecular formula is C28H28FN5O2S. The quantitative estimate of drug-likeness (QED) is 0.332. The maximum absolute atomic E-state index is 14.0. The lowest BCUT2D eigenvalue weighted by Crippen LogP contribution is -2.28. The first kappa shape index (κ1) is 26.0. The van der Waals surface area contributed by atoms with Gasteiger partial charge in [0.05, 0.1) is 28.5 Å². The zero-order chi connectivity index (χ0) is 26.2. The molecule has 3 aromatic rings. The molecule has 0 aliphatic carbocycles. The van der Waals surface area contributed by atoms with Crippen molar-refractivity contribution in [1.29, 1.82) is 5.26 Å². The van der Waals surface area contributed by atoms with Crippen LogP contribution in [0.5, 0.6) is 0 Å². The van der Waals surface area contributed by atoms with Gasteiger partial charge in [0.15, 0.2) is 0 Å². The van der Waals surface area contributed by atoms with E-state index in [1.54, 1.807) is 49.8 Å². The third kappa shape index (κ3) is 6.60. The van der Waals surface area contributed by atoms with E-state index in [4.69, 9.17) is 0 Å². The number of aliphatic imine (C=N–C) groups is 1. The lowest BCUT2D eigenvalue weighted by molar-refractivity contribution is 0.0790. The molecule has 0 unspecified atom stereocenters. The Labute approximate surface area is 219 Å². The summed E-state index contributed by atoms with van der Waals surface area (Å²) in [6.45, 7) is 2.07. The largest absolute Gasteiger partial charge is 0.363 e. The Morgan fingerprint density at radius 2 is 1.84 bits per heavy atom. The maximum atomic E-state index is 14.0. The molecule has 7 nitrogen and oxygen atoms in total. The predicted molar refractivity (Wildman–Crippen MR) is 142 cm³/mol. The van der Waals surface area contributed by atoms with Crippen LogP contribution in [0, 0.1) is 17.1 Å². The Morgan fingerprint density at radius 1 is 1.14 bits per heavy atom. The molecule has 2 amide bonds. The van der Waals surface area contributed by atoms with Crippen molar-refractivity contribution in [3.63, 3.8) is 0 Å². The highest BCUT2D eigenvalue weighted by atomic mass is 32.1. The summed E-state index contributed by atoms with van der Waals surface area (Å²) in [6.07, 6.45) is 5.11. The minimum atomic E-state index is -0.404. The Balaban J connectivity index is 1.56. The Hall–Kier alpha value is -4.03. The molecule has 1 saturated heterocycles. The number of nitriles is 1. The van der Waals surface area contributed by atoms with E-state index in [0.29, 0.717) is 26.6 Å². The van der Waals surface area contributed by atoms with Crippen LogP contribution in [0.15, 0.2) is 59.6 Å². The average Bonchev–Trinajstić information content (AvgIpc) is 3.36. The van der Waals surface area contributed by atoms with Crippen molar-refractivity contribution in [2.75, 3.05) is 20.1 Å². The highest BCUT2D eigenvalue weighted by Crippen LogP contribution is 2.31. The Bertz CT molecular complexity index is 1340. The number of likely N-dealkylation sites (tertiary alicyclic amines) is 1. The van der Waals surface area contributed by atoms with Crippen molar-refractivity contribution in [1.82, 2.24) is 15.1 Å². The van der Waals surface area contributed by atoms with Gasteiger partial charge in [-0.05, 0) is 43.0 Å². The molecule has 0 saturated carbocycles. The molecule has 9 heteroatoms. The van der Waals surface area contributed by atoms with E-state index in [2.05, 4.69) is 21.3 Å². The van der Waals surface area contributed by atoms with Crippen molar-refractivity contribution in [2.24, 2.45) is 4.99 Å². The fourth-order valence-corrected chi connectivity index (χ4v) is 5.11. The Kier molecular flexibility index (Phi) is 8.64. The second-order valence-corrected chi connectivity index (χ2v) is 9.92. The van der Waals surface area contributed by atoms with Gasteiger partial charge in [0, 0.05) is 38.8 Å². The van der Waals surface area contributed by atoms with Crippen molar-refractivity contribution in [3.8, 4) is 6.07 Å². The van der Waals surface area contributed by atoms with E-state index in [1.165, 1.54) is 17.4 Å². The highest BCUT2D eigenvalue weighted by molar-refractivity contribution is 7.16. The first-order chi connectivity index (χ1) is 18.0. The van der Waals surface area contributed by atoms with Gasteiger partial charge in [-0.1, -0.05) is 36.4 Å². The van der Waals surface area contributed by atoms with Crippen LogP contribution in [0.2, 0.25) is 0 Å². The number of nitrogens with zero attached hydrogens (tertiary/aromatic N) is 4. The van der Waals surface area contributed by atoms with E-state index >= 15 is 0 Å². The number of carbonyl (C=O) groups is 2. The van der Waals surface area contributed by atoms with Crippen LogP contribution in [0.3, 0.4) is 0 Å². The van der Waals surface area contributed by atoms with E-state index in [1.807, 2.05) is 12.1 Å². The number of hydrogen-bond acceptors (Lipinski definition) is 5. The van der Waals surface area contributed by atoms with Gasteiger partial charge in [-0.25, -0.2) is 9.38 Å². The lowest BCUT2D eigenvalue weighted by atomic mass is 10.1. The van der Waals surface area contributed by atoms with Gasteiger partial charge in [0.1, 0.15) is 10.7 Å². The molecule has 2 aromatic carbocycles. The summed E-state index contributed by atoms with van der Waals surface area (Å²) in [7, 11) is 1.66. The number of rotatable bonds is 8. The van der Waals surface area contributed by atoms with Gasteiger partial charge in [-0.15, -0.1) is 11.3 Å². The van der Waals surface area contributed by atoms with Gasteiger partial charge in [-0.3, -0.25) is 9.59 Å². The number of piperidine rings is 1. The summed E-state index contributed by atoms with van der Waals surface area (Å²) in [6, 6.07) is 17.1. The van der Waals surface area contributed by atoms with Crippen LogP contribution in [0.1, 0.15) is 55.3 Å². The van der Waals surface area contributed by atoms with Crippen molar-refractivity contribution < 1.29 is 14.0 Å².